The van der Waals surface area contributed by atoms with Crippen LogP contribution in [0, 0.1) is 0 Å². The normalized spacial score (nSPS) is 17.6. The number of hydrogen-bond donors (Lipinski definition) is 0. The maximum atomic E-state index is 4.19. The summed E-state index contributed by atoms with van der Waals surface area (Å²) in [5.41, 5.74) is 2.76. The van der Waals surface area contributed by atoms with Crippen molar-refractivity contribution in [1.82, 2.24) is 0 Å². The summed E-state index contributed by atoms with van der Waals surface area (Å²) in [5.74, 6) is 0. The van der Waals surface area contributed by atoms with Crippen molar-refractivity contribution in [3.63, 3.8) is 0 Å². The summed E-state index contributed by atoms with van der Waals surface area (Å²) < 4.78 is 0. The van der Waals surface area contributed by atoms with Crippen LogP contribution in [0.4, 0.5) is 0 Å². The molecule has 0 saturated carbocycles. The minimum Gasteiger partial charge on any atom is -0.266 e. The molecule has 1 heterocycles. The molecule has 1 aliphatic rings. The Labute approximate surface area is 56.5 Å². The summed E-state index contributed by atoms with van der Waals surface area (Å²) in [6.45, 7) is 4.29. The molecule has 0 aliphatic carbocycles. The average Bonchev–Trinajstić information content (AvgIpc) is 2.17. The topological polar surface area (TPSA) is 12.4 Å². The van der Waals surface area contributed by atoms with Gasteiger partial charge in [-0.15, -0.1) is 0 Å². The van der Waals surface area contributed by atoms with Gasteiger partial charge in [0.25, 0.3) is 0 Å². The molecule has 1 heteroatoms. The Morgan fingerprint density at radius 3 is 2.89 bits per heavy atom. The van der Waals surface area contributed by atoms with Gasteiger partial charge in [-0.25, -0.2) is 0 Å². The van der Waals surface area contributed by atoms with Crippen LogP contribution in [0.5, 0.6) is 0 Å². The highest BCUT2D eigenvalue weighted by Gasteiger charge is 2.03. The smallest absolute Gasteiger partial charge is 0.0263 e. The van der Waals surface area contributed by atoms with Gasteiger partial charge in [-0.05, 0) is 18.9 Å². The van der Waals surface area contributed by atoms with E-state index in [1.165, 1.54) is 24.1 Å². The molecule has 1 aliphatic heterocycles. The minimum absolute atomic E-state index is 1.12. The molecule has 0 aromatic carbocycles. The summed E-state index contributed by atoms with van der Waals surface area (Å²) >= 11 is 0. The zero-order valence-electron chi connectivity index (χ0n) is 6.15. The van der Waals surface area contributed by atoms with E-state index in [9.17, 15) is 0 Å². The number of nitrogens with zero attached hydrogens (tertiary/aromatic N) is 1. The molecule has 0 saturated heterocycles. The van der Waals surface area contributed by atoms with Gasteiger partial charge in [-0.2, -0.15) is 0 Å². The summed E-state index contributed by atoms with van der Waals surface area (Å²) in [7, 11) is 0. The van der Waals surface area contributed by atoms with Gasteiger partial charge in [0.1, 0.15) is 0 Å². The molecule has 0 aromatic heterocycles. The summed E-state index contributed by atoms with van der Waals surface area (Å²) in [6, 6.07) is 0. The van der Waals surface area contributed by atoms with Crippen LogP contribution in [0.1, 0.15) is 33.1 Å². The fourth-order valence-electron chi connectivity index (χ4n) is 1.10. The molecule has 0 spiro atoms. The second-order valence-corrected chi connectivity index (χ2v) is 2.58. The van der Waals surface area contributed by atoms with Crippen LogP contribution < -0.4 is 0 Å². The lowest BCUT2D eigenvalue weighted by atomic mass is 10.1. The Morgan fingerprint density at radius 2 is 2.44 bits per heavy atom. The van der Waals surface area contributed by atoms with Gasteiger partial charge in [-0.1, -0.05) is 13.3 Å². The second kappa shape index (κ2) is 2.81. The summed E-state index contributed by atoms with van der Waals surface area (Å²) in [6.07, 6.45) is 5.60. The first-order chi connectivity index (χ1) is 4.33. The second-order valence-electron chi connectivity index (χ2n) is 2.58. The quantitative estimate of drug-likeness (QED) is 0.535. The molecule has 0 N–H and O–H groups in total. The van der Waals surface area contributed by atoms with E-state index in [4.69, 9.17) is 0 Å². The lowest BCUT2D eigenvalue weighted by molar-refractivity contribution is 0.893. The first-order valence-corrected chi connectivity index (χ1v) is 3.54. The third-order valence-corrected chi connectivity index (χ3v) is 1.52. The third-order valence-electron chi connectivity index (χ3n) is 1.52. The predicted molar refractivity (Wildman–Crippen MR) is 40.7 cm³/mol. The van der Waals surface area contributed by atoms with Crippen LogP contribution in [-0.4, -0.2) is 5.71 Å². The SMILES string of the molecule is CCCC1=CN=C(C)C1. The molecule has 0 fully saturated rings. The van der Waals surface area contributed by atoms with Crippen molar-refractivity contribution in [1.29, 1.82) is 0 Å². The van der Waals surface area contributed by atoms with E-state index >= 15 is 0 Å². The molecule has 0 bridgehead atoms. The van der Waals surface area contributed by atoms with Gasteiger partial charge >= 0.3 is 0 Å². The number of rotatable bonds is 2. The van der Waals surface area contributed by atoms with Crippen molar-refractivity contribution < 1.29 is 0 Å². The van der Waals surface area contributed by atoms with Crippen molar-refractivity contribution >= 4 is 5.71 Å². The molecule has 0 amide bonds. The highest BCUT2D eigenvalue weighted by atomic mass is 14.7. The predicted octanol–water partition coefficient (Wildman–Crippen LogP) is 2.54. The highest BCUT2D eigenvalue weighted by molar-refractivity contribution is 5.86. The largest absolute Gasteiger partial charge is 0.266 e. The molecular weight excluding hydrogens is 110 g/mol. The van der Waals surface area contributed by atoms with Gasteiger partial charge in [0.05, 0.1) is 0 Å². The molecule has 50 valence electrons. The van der Waals surface area contributed by atoms with Crippen molar-refractivity contribution in [3.8, 4) is 0 Å². The summed E-state index contributed by atoms with van der Waals surface area (Å²) in [4.78, 5) is 4.19. The van der Waals surface area contributed by atoms with Crippen LogP contribution in [0.15, 0.2) is 16.8 Å². The molecule has 0 aromatic rings. The Morgan fingerprint density at radius 1 is 1.67 bits per heavy atom. The van der Waals surface area contributed by atoms with Crippen LogP contribution >= 0.6 is 0 Å². The van der Waals surface area contributed by atoms with Crippen LogP contribution in [-0.2, 0) is 0 Å². The Bertz CT molecular complexity index is 154. The Hall–Kier alpha value is -0.590. The fraction of sp³-hybridized carbons (Fsp3) is 0.625. The van der Waals surface area contributed by atoms with Crippen molar-refractivity contribution in [3.05, 3.63) is 11.8 Å². The van der Waals surface area contributed by atoms with E-state index in [0.717, 1.165) is 6.42 Å². The minimum atomic E-state index is 1.12. The van der Waals surface area contributed by atoms with E-state index in [2.05, 4.69) is 18.8 Å². The molecule has 1 nitrogen and oxygen atoms in total. The fourth-order valence-corrected chi connectivity index (χ4v) is 1.10. The Kier molecular flexibility index (Phi) is 2.04. The number of hydrogen-bond acceptors (Lipinski definition) is 1. The van der Waals surface area contributed by atoms with E-state index in [0.29, 0.717) is 0 Å². The van der Waals surface area contributed by atoms with Crippen LogP contribution in [0.25, 0.3) is 0 Å². The molecule has 0 atom stereocenters. The first-order valence-electron chi connectivity index (χ1n) is 3.54. The van der Waals surface area contributed by atoms with E-state index in [-0.39, 0.29) is 0 Å². The molecule has 0 unspecified atom stereocenters. The van der Waals surface area contributed by atoms with E-state index in [1.54, 1.807) is 0 Å². The van der Waals surface area contributed by atoms with Crippen LogP contribution in [0.2, 0.25) is 0 Å². The van der Waals surface area contributed by atoms with E-state index < -0.39 is 0 Å². The number of aliphatic imine (C=N–C) groups is 1. The highest BCUT2D eigenvalue weighted by Crippen LogP contribution is 2.15. The third kappa shape index (κ3) is 1.67. The van der Waals surface area contributed by atoms with Gasteiger partial charge in [0.2, 0.25) is 0 Å². The molecule has 0 radical (unpaired) electrons. The molecule has 9 heavy (non-hydrogen) atoms. The van der Waals surface area contributed by atoms with Gasteiger partial charge in [0.15, 0.2) is 0 Å². The molecular formula is C8H13N. The zero-order chi connectivity index (χ0) is 6.69. The van der Waals surface area contributed by atoms with Crippen molar-refractivity contribution in [2.45, 2.75) is 33.1 Å². The first kappa shape index (κ1) is 6.53. The standard InChI is InChI=1S/C8H13N/c1-3-4-8-5-7(2)9-6-8/h6H,3-5H2,1-2H3. The van der Waals surface area contributed by atoms with Gasteiger partial charge in [-0.3, -0.25) is 4.99 Å². The lowest BCUT2D eigenvalue weighted by Gasteiger charge is -1.94. The molecule has 1 rings (SSSR count). The van der Waals surface area contributed by atoms with Gasteiger partial charge in [0, 0.05) is 18.3 Å². The van der Waals surface area contributed by atoms with Gasteiger partial charge < -0.3 is 0 Å². The maximum Gasteiger partial charge on any atom is 0.0263 e. The Balaban J connectivity index is 2.35. The monoisotopic (exact) mass is 123 g/mol. The maximum absolute atomic E-state index is 4.19. The van der Waals surface area contributed by atoms with Crippen molar-refractivity contribution in [2.24, 2.45) is 4.99 Å². The van der Waals surface area contributed by atoms with Crippen molar-refractivity contribution in [2.75, 3.05) is 0 Å². The lowest BCUT2D eigenvalue weighted by Crippen LogP contribution is -1.86. The average molecular weight is 123 g/mol. The van der Waals surface area contributed by atoms with Crippen LogP contribution in [0.3, 0.4) is 0 Å². The zero-order valence-corrected chi connectivity index (χ0v) is 6.15. The number of allylic oxidation sites excluding steroid dienone is 1. The summed E-state index contributed by atoms with van der Waals surface area (Å²) in [5, 5.41) is 0. The van der Waals surface area contributed by atoms with E-state index in [1.807, 2.05) is 6.20 Å².